The van der Waals surface area contributed by atoms with Gasteiger partial charge in [0.15, 0.2) is 0 Å². The van der Waals surface area contributed by atoms with E-state index in [-0.39, 0.29) is 57.1 Å². The fourth-order valence-electron chi connectivity index (χ4n) is 1.22. The van der Waals surface area contributed by atoms with Gasteiger partial charge in [0.1, 0.15) is 4.32 Å². The van der Waals surface area contributed by atoms with E-state index in [0.717, 1.165) is 5.56 Å². The zero-order valence-electron chi connectivity index (χ0n) is 10.7. The van der Waals surface area contributed by atoms with Crippen molar-refractivity contribution in [1.82, 2.24) is 5.32 Å². The number of rotatable bonds is 6. The molecular weight excluding hydrogens is 329 g/mol. The maximum atomic E-state index is 10.4. The van der Waals surface area contributed by atoms with Crippen LogP contribution in [0.1, 0.15) is 12.0 Å². The minimum absolute atomic E-state index is 0. The predicted molar refractivity (Wildman–Crippen MR) is 77.5 cm³/mol. The quantitative estimate of drug-likeness (QED) is 0.301. The Hall–Kier alpha value is 1.01. The molecule has 1 aromatic carbocycles. The van der Waals surface area contributed by atoms with Crippen molar-refractivity contribution in [3.8, 4) is 0 Å². The monoisotopic (exact) mass is 343 g/mol. The van der Waals surface area contributed by atoms with Crippen LogP contribution in [0.3, 0.4) is 0 Å². The molecule has 19 heavy (non-hydrogen) atoms. The van der Waals surface area contributed by atoms with Crippen LogP contribution in [-0.2, 0) is 16.7 Å². The maximum Gasteiger partial charge on any atom is 1.00 e. The average molecular weight is 344 g/mol. The molecule has 0 saturated carbocycles. The number of hydrogen-bond acceptors (Lipinski definition) is 5. The van der Waals surface area contributed by atoms with Crippen LogP contribution in [0.15, 0.2) is 30.3 Å². The summed E-state index contributed by atoms with van der Waals surface area (Å²) < 4.78 is 31.7. The summed E-state index contributed by atoms with van der Waals surface area (Å²) in [6.45, 7) is 0.645. The van der Waals surface area contributed by atoms with Gasteiger partial charge in [0.2, 0.25) is 0 Å². The molecule has 0 radical (unpaired) electrons. The Labute approximate surface area is 166 Å². The first kappa shape index (κ1) is 20.0. The van der Waals surface area contributed by atoms with Gasteiger partial charge in [0, 0.05) is 18.1 Å². The van der Waals surface area contributed by atoms with Gasteiger partial charge in [0.25, 0.3) is 0 Å². The fourth-order valence-corrected chi connectivity index (χ4v) is 2.87. The Balaban J connectivity index is 0.00000324. The van der Waals surface area contributed by atoms with Gasteiger partial charge in [-0.3, -0.25) is 0 Å². The van der Waals surface area contributed by atoms with Gasteiger partial charge >= 0.3 is 51.4 Å². The Morgan fingerprint density at radius 2 is 1.95 bits per heavy atom. The Morgan fingerprint density at radius 3 is 2.53 bits per heavy atom. The van der Waals surface area contributed by atoms with Crippen molar-refractivity contribution in [1.29, 1.82) is 0 Å². The fraction of sp³-hybridized carbons (Fsp3) is 0.364. The molecule has 1 N–H and O–H groups in total. The third kappa shape index (κ3) is 11.4. The molecule has 0 fully saturated rings. The zero-order chi connectivity index (χ0) is 13.4. The summed E-state index contributed by atoms with van der Waals surface area (Å²) in [4.78, 5) is 0. The SMILES string of the molecule is O=S(=O)([O-])CCCSC(=S)NCc1ccccc1.[K+]. The summed E-state index contributed by atoms with van der Waals surface area (Å²) in [7, 11) is -4.10. The van der Waals surface area contributed by atoms with Crippen molar-refractivity contribution in [2.45, 2.75) is 13.0 Å². The summed E-state index contributed by atoms with van der Waals surface area (Å²) in [6.07, 6.45) is 0.323. The average Bonchev–Trinajstić information content (AvgIpc) is 2.32. The van der Waals surface area contributed by atoms with Crippen LogP contribution in [0.2, 0.25) is 0 Å². The van der Waals surface area contributed by atoms with E-state index in [0.29, 0.717) is 23.0 Å². The molecule has 0 bridgehead atoms. The molecule has 0 aliphatic heterocycles. The summed E-state index contributed by atoms with van der Waals surface area (Å²) in [5.41, 5.74) is 1.13. The van der Waals surface area contributed by atoms with Crippen molar-refractivity contribution >= 4 is 38.4 Å². The van der Waals surface area contributed by atoms with E-state index in [4.69, 9.17) is 12.2 Å². The van der Waals surface area contributed by atoms with Gasteiger partial charge in [0.05, 0.1) is 10.1 Å². The van der Waals surface area contributed by atoms with Crippen LogP contribution >= 0.6 is 24.0 Å². The largest absolute Gasteiger partial charge is 1.00 e. The molecule has 8 heteroatoms. The number of thiocarbonyl (C=S) groups is 1. The summed E-state index contributed by atoms with van der Waals surface area (Å²) in [5, 5.41) is 3.06. The summed E-state index contributed by atoms with van der Waals surface area (Å²) in [6, 6.07) is 9.83. The topological polar surface area (TPSA) is 69.2 Å². The third-order valence-electron chi connectivity index (χ3n) is 2.05. The van der Waals surface area contributed by atoms with Gasteiger partial charge in [-0.1, -0.05) is 54.3 Å². The number of hydrogen-bond donors (Lipinski definition) is 1. The predicted octanol–water partition coefficient (Wildman–Crippen LogP) is -1.27. The first-order chi connectivity index (χ1) is 8.47. The van der Waals surface area contributed by atoms with Crippen molar-refractivity contribution in [2.24, 2.45) is 0 Å². The van der Waals surface area contributed by atoms with Crippen LogP contribution in [0.25, 0.3) is 0 Å². The van der Waals surface area contributed by atoms with Crippen molar-refractivity contribution in [2.75, 3.05) is 11.5 Å². The van der Waals surface area contributed by atoms with Crippen LogP contribution in [-0.4, -0.2) is 28.8 Å². The Bertz CT molecular complexity index is 479. The third-order valence-corrected chi connectivity index (χ3v) is 4.24. The Morgan fingerprint density at radius 1 is 1.32 bits per heavy atom. The van der Waals surface area contributed by atoms with Crippen LogP contribution in [0, 0.1) is 0 Å². The van der Waals surface area contributed by atoms with Gasteiger partial charge in [-0.25, -0.2) is 8.42 Å². The molecule has 0 aromatic heterocycles. The molecule has 0 aliphatic rings. The minimum atomic E-state index is -4.10. The van der Waals surface area contributed by atoms with Crippen LogP contribution in [0.4, 0.5) is 0 Å². The molecular formula is C11H14KNO3S3. The van der Waals surface area contributed by atoms with E-state index in [1.54, 1.807) is 0 Å². The first-order valence-corrected chi connectivity index (χ1v) is 8.32. The van der Waals surface area contributed by atoms with E-state index < -0.39 is 10.1 Å². The van der Waals surface area contributed by atoms with Gasteiger partial charge in [-0.05, 0) is 12.0 Å². The number of benzene rings is 1. The second-order valence-corrected chi connectivity index (χ2v) is 6.89. The van der Waals surface area contributed by atoms with Gasteiger partial charge in [-0.15, -0.1) is 0 Å². The molecule has 0 saturated heterocycles. The van der Waals surface area contributed by atoms with E-state index in [9.17, 15) is 13.0 Å². The normalized spacial score (nSPS) is 10.6. The Kier molecular flexibility index (Phi) is 11.3. The molecule has 4 nitrogen and oxygen atoms in total. The molecule has 1 aromatic rings. The smallest absolute Gasteiger partial charge is 0.748 e. The molecule has 0 amide bonds. The second kappa shape index (κ2) is 10.7. The van der Waals surface area contributed by atoms with Crippen LogP contribution in [0.5, 0.6) is 0 Å². The molecule has 1 rings (SSSR count). The molecule has 100 valence electrons. The van der Waals surface area contributed by atoms with E-state index in [1.165, 1.54) is 11.8 Å². The molecule has 0 spiro atoms. The molecule has 0 unspecified atom stereocenters. The van der Waals surface area contributed by atoms with Crippen LogP contribution < -0.4 is 56.7 Å². The van der Waals surface area contributed by atoms with Gasteiger partial charge in [-0.2, -0.15) is 0 Å². The van der Waals surface area contributed by atoms with E-state index >= 15 is 0 Å². The summed E-state index contributed by atoms with van der Waals surface area (Å²) >= 11 is 6.44. The molecule has 0 heterocycles. The molecule has 0 aliphatic carbocycles. The first-order valence-electron chi connectivity index (χ1n) is 5.35. The standard InChI is InChI=1S/C11H15NO3S3.K/c13-18(14,15)8-4-7-17-11(16)12-9-10-5-2-1-3-6-10;/h1-3,5-6H,4,7-9H2,(H,12,16)(H,13,14,15);/q;+1/p-1. The van der Waals surface area contributed by atoms with E-state index in [2.05, 4.69) is 5.32 Å². The number of nitrogens with one attached hydrogen (secondary N) is 1. The van der Waals surface area contributed by atoms with Crippen molar-refractivity contribution in [3.05, 3.63) is 35.9 Å². The van der Waals surface area contributed by atoms with Gasteiger partial charge < -0.3 is 9.87 Å². The van der Waals surface area contributed by atoms with E-state index in [1.807, 2.05) is 30.3 Å². The minimum Gasteiger partial charge on any atom is -0.748 e. The second-order valence-electron chi connectivity index (χ2n) is 3.59. The zero-order valence-corrected chi connectivity index (χ0v) is 16.2. The van der Waals surface area contributed by atoms with Crippen molar-refractivity contribution in [3.63, 3.8) is 0 Å². The van der Waals surface area contributed by atoms with Crippen molar-refractivity contribution < 1.29 is 64.4 Å². The summed E-state index contributed by atoms with van der Waals surface area (Å²) in [5.74, 6) is 0.198. The molecule has 0 atom stereocenters. The maximum absolute atomic E-state index is 10.4. The number of thioether (sulfide) groups is 1.